The highest BCUT2D eigenvalue weighted by atomic mass is 15.1. The molecule has 0 amide bonds. The van der Waals surface area contributed by atoms with Crippen molar-refractivity contribution < 1.29 is 0 Å². The van der Waals surface area contributed by atoms with Crippen molar-refractivity contribution in [2.75, 3.05) is 0 Å². The maximum Gasteiger partial charge on any atom is 0.150 e. The Morgan fingerprint density at radius 1 is 1.21 bits per heavy atom. The fraction of sp³-hybridized carbons (Fsp3) is 0.364. The van der Waals surface area contributed by atoms with E-state index in [1.54, 1.807) is 0 Å². The minimum atomic E-state index is 0.373. The lowest BCUT2D eigenvalue weighted by molar-refractivity contribution is 1.14. The monoisotopic (exact) mass is 193 g/mol. The molecule has 3 heteroatoms. The molecule has 0 aliphatic carbocycles. The van der Waals surface area contributed by atoms with Gasteiger partial charge >= 0.3 is 0 Å². The van der Waals surface area contributed by atoms with Gasteiger partial charge in [0.05, 0.1) is 0 Å². The molecule has 0 radical (unpaired) electrons. The quantitative estimate of drug-likeness (QED) is 0.326. The highest BCUT2D eigenvalue weighted by Gasteiger charge is 1.96. The number of nitrogens with zero attached hydrogens (tertiary/aromatic N) is 1. The zero-order valence-corrected chi connectivity index (χ0v) is 9.12. The number of nitrogens with two attached hydrogens (primary N) is 2. The van der Waals surface area contributed by atoms with E-state index in [4.69, 9.17) is 11.6 Å². The Morgan fingerprint density at radius 3 is 2.07 bits per heavy atom. The lowest BCUT2D eigenvalue weighted by atomic mass is 10.1. The van der Waals surface area contributed by atoms with Crippen LogP contribution in [0.3, 0.4) is 0 Å². The Labute approximate surface area is 85.8 Å². The molecule has 1 aromatic rings. The van der Waals surface area contributed by atoms with Crippen molar-refractivity contribution in [2.24, 2.45) is 16.7 Å². The molecule has 0 saturated heterocycles. The summed E-state index contributed by atoms with van der Waals surface area (Å²) in [5.41, 5.74) is 7.66. The van der Waals surface area contributed by atoms with Crippen molar-refractivity contribution in [3.8, 4) is 0 Å². The molecule has 0 saturated carbocycles. The van der Waals surface area contributed by atoms with Gasteiger partial charge in [-0.25, -0.2) is 0 Å². The molecule has 4 N–H and O–H groups in total. The van der Waals surface area contributed by atoms with E-state index in [0.29, 0.717) is 5.84 Å². The molecule has 1 rings (SSSR count). The highest BCUT2D eigenvalue weighted by molar-refractivity contribution is 5.97. The van der Waals surface area contributed by atoms with E-state index in [1.165, 1.54) is 5.56 Å². The first kappa shape index (κ1) is 12.5. The van der Waals surface area contributed by atoms with E-state index < -0.39 is 0 Å². The number of rotatable bonds is 2. The number of hydrazone groups is 1. The Hall–Kier alpha value is -1.51. The third-order valence-corrected chi connectivity index (χ3v) is 1.80. The number of hydrogen-bond donors (Lipinski definition) is 2. The van der Waals surface area contributed by atoms with Gasteiger partial charge in [0, 0.05) is 5.56 Å². The van der Waals surface area contributed by atoms with E-state index in [1.807, 2.05) is 38.1 Å². The molecule has 0 aliphatic heterocycles. The van der Waals surface area contributed by atoms with Gasteiger partial charge < -0.3 is 11.6 Å². The van der Waals surface area contributed by atoms with Crippen LogP contribution in [-0.2, 0) is 6.42 Å². The smallest absolute Gasteiger partial charge is 0.150 e. The first-order chi connectivity index (χ1) is 6.77. The van der Waals surface area contributed by atoms with E-state index in [2.05, 4.69) is 12.0 Å². The molecule has 0 bridgehead atoms. The predicted octanol–water partition coefficient (Wildman–Crippen LogP) is 1.85. The third-order valence-electron chi connectivity index (χ3n) is 1.80. The summed E-state index contributed by atoms with van der Waals surface area (Å²) in [6.45, 7) is 6.11. The second kappa shape index (κ2) is 6.95. The van der Waals surface area contributed by atoms with E-state index in [-0.39, 0.29) is 0 Å². The fourth-order valence-corrected chi connectivity index (χ4v) is 0.986. The van der Waals surface area contributed by atoms with Crippen molar-refractivity contribution in [1.82, 2.24) is 0 Å². The topological polar surface area (TPSA) is 64.4 Å². The summed E-state index contributed by atoms with van der Waals surface area (Å²) in [5, 5.41) is 3.41. The average Bonchev–Trinajstić information content (AvgIpc) is 2.31. The minimum Gasteiger partial charge on any atom is -0.382 e. The normalized spacial score (nSPS) is 10.4. The van der Waals surface area contributed by atoms with Gasteiger partial charge in [0.2, 0.25) is 0 Å². The van der Waals surface area contributed by atoms with Gasteiger partial charge in [0.15, 0.2) is 0 Å². The van der Waals surface area contributed by atoms with Gasteiger partial charge in [-0.15, -0.1) is 0 Å². The molecule has 0 spiro atoms. The maximum absolute atomic E-state index is 5.51. The average molecular weight is 193 g/mol. The Balaban J connectivity index is 0.000000791. The summed E-state index contributed by atoms with van der Waals surface area (Å²) >= 11 is 0. The van der Waals surface area contributed by atoms with Crippen molar-refractivity contribution in [1.29, 1.82) is 0 Å². The zero-order valence-electron chi connectivity index (χ0n) is 9.12. The predicted molar refractivity (Wildman–Crippen MR) is 62.1 cm³/mol. The molecular formula is C11H19N3. The molecule has 14 heavy (non-hydrogen) atoms. The third kappa shape index (κ3) is 3.47. The SMILES string of the molecule is CC.CCc1ccc(/C(N)=N\N)cc1. The van der Waals surface area contributed by atoms with Gasteiger partial charge in [-0.3, -0.25) is 0 Å². The number of hydrogen-bond acceptors (Lipinski definition) is 2. The summed E-state index contributed by atoms with van der Waals surface area (Å²) in [4.78, 5) is 0. The van der Waals surface area contributed by atoms with Gasteiger partial charge in [-0.05, 0) is 12.0 Å². The van der Waals surface area contributed by atoms with Crippen LogP contribution in [-0.4, -0.2) is 5.84 Å². The van der Waals surface area contributed by atoms with Crippen LogP contribution in [0.4, 0.5) is 0 Å². The molecule has 0 heterocycles. The van der Waals surface area contributed by atoms with Crippen molar-refractivity contribution in [3.63, 3.8) is 0 Å². The summed E-state index contributed by atoms with van der Waals surface area (Å²) in [5.74, 6) is 5.41. The van der Waals surface area contributed by atoms with Gasteiger partial charge in [0.25, 0.3) is 0 Å². The summed E-state index contributed by atoms with van der Waals surface area (Å²) in [7, 11) is 0. The van der Waals surface area contributed by atoms with Crippen LogP contribution in [0, 0.1) is 0 Å². The summed E-state index contributed by atoms with van der Waals surface area (Å²) in [6.07, 6.45) is 1.03. The minimum absolute atomic E-state index is 0.373. The van der Waals surface area contributed by atoms with Crippen molar-refractivity contribution >= 4 is 5.84 Å². The molecule has 3 nitrogen and oxygen atoms in total. The summed E-state index contributed by atoms with van der Waals surface area (Å²) in [6, 6.07) is 7.88. The number of benzene rings is 1. The zero-order chi connectivity index (χ0) is 11.0. The van der Waals surface area contributed by atoms with E-state index in [0.717, 1.165) is 12.0 Å². The molecule has 78 valence electrons. The van der Waals surface area contributed by atoms with Crippen LogP contribution in [0.15, 0.2) is 29.4 Å². The van der Waals surface area contributed by atoms with Crippen LogP contribution in [0.25, 0.3) is 0 Å². The maximum atomic E-state index is 5.51. The van der Waals surface area contributed by atoms with Crippen LogP contribution < -0.4 is 11.6 Å². The number of amidine groups is 1. The molecule has 0 aromatic heterocycles. The molecule has 0 unspecified atom stereocenters. The van der Waals surface area contributed by atoms with E-state index in [9.17, 15) is 0 Å². The molecule has 0 atom stereocenters. The Kier molecular flexibility index (Phi) is 6.20. The second-order valence-corrected chi connectivity index (χ2v) is 2.56. The Morgan fingerprint density at radius 2 is 1.71 bits per heavy atom. The van der Waals surface area contributed by atoms with Gasteiger partial charge in [-0.2, -0.15) is 5.10 Å². The fourth-order valence-electron chi connectivity index (χ4n) is 0.986. The van der Waals surface area contributed by atoms with Crippen LogP contribution in [0.1, 0.15) is 31.9 Å². The second-order valence-electron chi connectivity index (χ2n) is 2.56. The van der Waals surface area contributed by atoms with Crippen molar-refractivity contribution in [3.05, 3.63) is 35.4 Å². The van der Waals surface area contributed by atoms with Gasteiger partial charge in [0.1, 0.15) is 5.84 Å². The van der Waals surface area contributed by atoms with Crippen LogP contribution in [0.5, 0.6) is 0 Å². The van der Waals surface area contributed by atoms with Crippen LogP contribution >= 0.6 is 0 Å². The molecule has 0 fully saturated rings. The largest absolute Gasteiger partial charge is 0.382 e. The first-order valence-corrected chi connectivity index (χ1v) is 4.90. The molecule has 1 aromatic carbocycles. The van der Waals surface area contributed by atoms with Crippen molar-refractivity contribution in [2.45, 2.75) is 27.2 Å². The summed E-state index contributed by atoms with van der Waals surface area (Å²) < 4.78 is 0. The molecular weight excluding hydrogens is 174 g/mol. The first-order valence-electron chi connectivity index (χ1n) is 4.90. The van der Waals surface area contributed by atoms with E-state index >= 15 is 0 Å². The Bertz CT molecular complexity index is 275. The standard InChI is InChI=1S/C9H13N3.C2H6/c1-2-7-3-5-8(6-4-7)9(10)12-11;1-2/h3-6H,2,11H2,1H3,(H2,10,12);1-2H3. The highest BCUT2D eigenvalue weighted by Crippen LogP contribution is 2.03. The van der Waals surface area contributed by atoms with Crippen LogP contribution in [0.2, 0.25) is 0 Å². The lowest BCUT2D eigenvalue weighted by Gasteiger charge is -2.00. The molecule has 0 aliphatic rings. The lowest BCUT2D eigenvalue weighted by Crippen LogP contribution is -2.15. The van der Waals surface area contributed by atoms with Gasteiger partial charge in [-0.1, -0.05) is 45.0 Å². The number of aryl methyl sites for hydroxylation is 1.